The van der Waals surface area contributed by atoms with Gasteiger partial charge in [-0.05, 0) is 42.8 Å². The predicted octanol–water partition coefficient (Wildman–Crippen LogP) is 2.17. The fraction of sp³-hybridized carbons (Fsp3) is 0.250. The van der Waals surface area contributed by atoms with E-state index in [-0.39, 0.29) is 24.4 Å². The van der Waals surface area contributed by atoms with Crippen molar-refractivity contribution in [2.45, 2.75) is 19.4 Å². The maximum Gasteiger partial charge on any atom is 0.328 e. The number of hydrogen-bond donors (Lipinski definition) is 2. The lowest BCUT2D eigenvalue weighted by atomic mass is 10.2. The fourth-order valence-corrected chi connectivity index (χ4v) is 2.87. The molecular formula is C20H22N4O3. The summed E-state index contributed by atoms with van der Waals surface area (Å²) < 4.78 is 1.14. The minimum absolute atomic E-state index is 0.155. The monoisotopic (exact) mass is 366 g/mol. The van der Waals surface area contributed by atoms with E-state index in [0.717, 1.165) is 10.3 Å². The predicted molar refractivity (Wildman–Crippen MR) is 107 cm³/mol. The number of aromatic amines is 1. The molecule has 2 N–H and O–H groups in total. The van der Waals surface area contributed by atoms with Crippen LogP contribution in [0.15, 0.2) is 58.1 Å². The molecule has 0 unspecified atom stereocenters. The standard InChI is InChI=1S/C20H22N4O3/c1-23(2)15-11-9-14(10-12-15)21-18(25)8-5-13-24-19(26)16-6-3-4-7-17(16)22-20(24)27/h3-4,6-7,9-12H,5,8,13H2,1-2H3,(H,21,25)(H,22,27). The maximum atomic E-state index is 12.4. The SMILES string of the molecule is CN(C)c1ccc(NC(=O)CCCn2c(=O)[nH]c3ccccc3c2=O)cc1. The Kier molecular flexibility index (Phi) is 5.40. The molecule has 140 valence electrons. The number of nitrogens with zero attached hydrogens (tertiary/aromatic N) is 2. The molecule has 0 saturated heterocycles. The van der Waals surface area contributed by atoms with E-state index in [1.807, 2.05) is 43.3 Å². The Morgan fingerprint density at radius 2 is 1.78 bits per heavy atom. The van der Waals surface area contributed by atoms with Crippen LogP contribution in [-0.4, -0.2) is 29.6 Å². The van der Waals surface area contributed by atoms with Crippen molar-refractivity contribution in [3.63, 3.8) is 0 Å². The van der Waals surface area contributed by atoms with Gasteiger partial charge >= 0.3 is 5.69 Å². The number of fused-ring (bicyclic) bond motifs is 1. The average Bonchev–Trinajstić information content (AvgIpc) is 2.65. The molecule has 7 heteroatoms. The summed E-state index contributed by atoms with van der Waals surface area (Å²) >= 11 is 0. The summed E-state index contributed by atoms with van der Waals surface area (Å²) in [6.07, 6.45) is 0.608. The van der Waals surface area contributed by atoms with Gasteiger partial charge in [-0.3, -0.25) is 14.2 Å². The van der Waals surface area contributed by atoms with Crippen LogP contribution >= 0.6 is 0 Å². The number of rotatable bonds is 6. The molecule has 0 aliphatic heterocycles. The molecular weight excluding hydrogens is 344 g/mol. The number of carbonyl (C=O) groups is 1. The molecule has 1 heterocycles. The number of anilines is 2. The maximum absolute atomic E-state index is 12.4. The molecule has 1 amide bonds. The van der Waals surface area contributed by atoms with Crippen LogP contribution in [0.2, 0.25) is 0 Å². The van der Waals surface area contributed by atoms with Gasteiger partial charge < -0.3 is 15.2 Å². The summed E-state index contributed by atoms with van der Waals surface area (Å²) in [6.45, 7) is 0.186. The lowest BCUT2D eigenvalue weighted by Crippen LogP contribution is -2.35. The van der Waals surface area contributed by atoms with Gasteiger partial charge in [-0.2, -0.15) is 0 Å². The molecule has 0 saturated carbocycles. The van der Waals surface area contributed by atoms with Crippen LogP contribution in [0, 0.1) is 0 Å². The molecule has 0 aliphatic carbocycles. The molecule has 27 heavy (non-hydrogen) atoms. The summed E-state index contributed by atoms with van der Waals surface area (Å²) in [5, 5.41) is 3.28. The first-order valence-electron chi connectivity index (χ1n) is 8.75. The Morgan fingerprint density at radius 3 is 2.48 bits per heavy atom. The van der Waals surface area contributed by atoms with Crippen molar-refractivity contribution in [2.24, 2.45) is 0 Å². The van der Waals surface area contributed by atoms with Crippen LogP contribution in [0.25, 0.3) is 10.9 Å². The highest BCUT2D eigenvalue weighted by Crippen LogP contribution is 2.15. The summed E-state index contributed by atoms with van der Waals surface area (Å²) in [6, 6.07) is 14.4. The topological polar surface area (TPSA) is 87.2 Å². The zero-order chi connectivity index (χ0) is 19.4. The van der Waals surface area contributed by atoms with Crippen LogP contribution in [0.3, 0.4) is 0 Å². The average molecular weight is 366 g/mol. The third kappa shape index (κ3) is 4.25. The first-order valence-corrected chi connectivity index (χ1v) is 8.75. The van der Waals surface area contributed by atoms with Crippen molar-refractivity contribution in [1.29, 1.82) is 0 Å². The van der Waals surface area contributed by atoms with E-state index < -0.39 is 5.69 Å². The second kappa shape index (κ2) is 7.90. The van der Waals surface area contributed by atoms with Crippen LogP contribution in [0.1, 0.15) is 12.8 Å². The van der Waals surface area contributed by atoms with Gasteiger partial charge in [-0.1, -0.05) is 12.1 Å². The molecule has 0 bridgehead atoms. The largest absolute Gasteiger partial charge is 0.378 e. The van der Waals surface area contributed by atoms with E-state index in [1.54, 1.807) is 24.3 Å². The van der Waals surface area contributed by atoms with E-state index in [0.29, 0.717) is 23.0 Å². The van der Waals surface area contributed by atoms with Crippen LogP contribution in [0.5, 0.6) is 0 Å². The van der Waals surface area contributed by atoms with Gasteiger partial charge in [-0.25, -0.2) is 4.79 Å². The first kappa shape index (κ1) is 18.4. The lowest BCUT2D eigenvalue weighted by molar-refractivity contribution is -0.116. The molecule has 1 aromatic heterocycles. The van der Waals surface area contributed by atoms with E-state index in [2.05, 4.69) is 10.3 Å². The number of benzene rings is 2. The molecule has 0 spiro atoms. The Morgan fingerprint density at radius 1 is 1.07 bits per heavy atom. The number of hydrogen-bond acceptors (Lipinski definition) is 4. The van der Waals surface area contributed by atoms with Crippen molar-refractivity contribution in [2.75, 3.05) is 24.3 Å². The number of H-pyrrole nitrogens is 1. The number of carbonyl (C=O) groups excluding carboxylic acids is 1. The van der Waals surface area contributed by atoms with E-state index >= 15 is 0 Å². The highest BCUT2D eigenvalue weighted by molar-refractivity contribution is 5.90. The molecule has 0 fully saturated rings. The van der Waals surface area contributed by atoms with Crippen molar-refractivity contribution >= 4 is 28.2 Å². The summed E-state index contributed by atoms with van der Waals surface area (Å²) in [5.41, 5.74) is 1.48. The third-order valence-electron chi connectivity index (χ3n) is 4.34. The normalized spacial score (nSPS) is 10.7. The van der Waals surface area contributed by atoms with Crippen molar-refractivity contribution in [3.05, 3.63) is 69.4 Å². The second-order valence-corrected chi connectivity index (χ2v) is 6.53. The summed E-state index contributed by atoms with van der Waals surface area (Å²) in [4.78, 5) is 41.3. The molecule has 0 atom stereocenters. The van der Waals surface area contributed by atoms with Crippen LogP contribution in [0.4, 0.5) is 11.4 Å². The van der Waals surface area contributed by atoms with Gasteiger partial charge in [0.05, 0.1) is 10.9 Å². The van der Waals surface area contributed by atoms with Gasteiger partial charge in [-0.15, -0.1) is 0 Å². The number of nitrogens with one attached hydrogen (secondary N) is 2. The van der Waals surface area contributed by atoms with Crippen molar-refractivity contribution < 1.29 is 4.79 Å². The quantitative estimate of drug-likeness (QED) is 0.700. The van der Waals surface area contributed by atoms with E-state index in [1.165, 1.54) is 0 Å². The lowest BCUT2D eigenvalue weighted by Gasteiger charge is -2.13. The summed E-state index contributed by atoms with van der Waals surface area (Å²) in [7, 11) is 3.90. The molecule has 3 aromatic rings. The van der Waals surface area contributed by atoms with Crippen LogP contribution < -0.4 is 21.5 Å². The minimum atomic E-state index is -0.460. The smallest absolute Gasteiger partial charge is 0.328 e. The van der Waals surface area contributed by atoms with E-state index in [4.69, 9.17) is 0 Å². The Bertz CT molecular complexity index is 1070. The second-order valence-electron chi connectivity index (χ2n) is 6.53. The minimum Gasteiger partial charge on any atom is -0.378 e. The van der Waals surface area contributed by atoms with Gasteiger partial charge in [0, 0.05) is 38.4 Å². The molecule has 3 rings (SSSR count). The van der Waals surface area contributed by atoms with E-state index in [9.17, 15) is 14.4 Å². The Labute approximate surface area is 156 Å². The molecule has 0 radical (unpaired) electrons. The Balaban J connectivity index is 1.61. The molecule has 7 nitrogen and oxygen atoms in total. The zero-order valence-corrected chi connectivity index (χ0v) is 15.4. The third-order valence-corrected chi connectivity index (χ3v) is 4.34. The van der Waals surface area contributed by atoms with Gasteiger partial charge in [0.15, 0.2) is 0 Å². The fourth-order valence-electron chi connectivity index (χ4n) is 2.87. The van der Waals surface area contributed by atoms with Gasteiger partial charge in [0.1, 0.15) is 0 Å². The van der Waals surface area contributed by atoms with Crippen molar-refractivity contribution in [1.82, 2.24) is 9.55 Å². The van der Waals surface area contributed by atoms with Gasteiger partial charge in [0.2, 0.25) is 5.91 Å². The molecule has 0 aliphatic rings. The number of aromatic nitrogens is 2. The molecule has 2 aromatic carbocycles. The summed E-state index contributed by atoms with van der Waals surface area (Å²) in [5.74, 6) is -0.155. The van der Waals surface area contributed by atoms with Crippen molar-refractivity contribution in [3.8, 4) is 0 Å². The highest BCUT2D eigenvalue weighted by Gasteiger charge is 2.08. The first-order chi connectivity index (χ1) is 13.0. The Hall–Kier alpha value is -3.35. The van der Waals surface area contributed by atoms with Crippen LogP contribution in [-0.2, 0) is 11.3 Å². The highest BCUT2D eigenvalue weighted by atomic mass is 16.2. The zero-order valence-electron chi connectivity index (χ0n) is 15.4. The van der Waals surface area contributed by atoms with Gasteiger partial charge in [0.25, 0.3) is 5.56 Å². The number of para-hydroxylation sites is 1. The number of amides is 1.